The average Bonchev–Trinajstić information content (AvgIpc) is 2.79. The highest BCUT2D eigenvalue weighted by molar-refractivity contribution is 5.40. The third-order valence-corrected chi connectivity index (χ3v) is 3.63. The van der Waals surface area contributed by atoms with Crippen LogP contribution < -0.4 is 10.5 Å². The smallest absolute Gasteiger partial charge is 0.122 e. The molecule has 0 bridgehead atoms. The number of para-hydroxylation sites is 1. The highest BCUT2D eigenvalue weighted by Crippen LogP contribution is 2.43. The van der Waals surface area contributed by atoms with Crippen molar-refractivity contribution in [2.75, 3.05) is 13.7 Å². The summed E-state index contributed by atoms with van der Waals surface area (Å²) in [5.74, 6) is 0.991. The summed E-state index contributed by atoms with van der Waals surface area (Å²) in [6, 6.07) is 8.29. The number of rotatable bonds is 3. The second-order valence-electron chi connectivity index (χ2n) is 4.39. The van der Waals surface area contributed by atoms with E-state index >= 15 is 0 Å². The van der Waals surface area contributed by atoms with Gasteiger partial charge >= 0.3 is 0 Å². The third kappa shape index (κ3) is 1.74. The second kappa shape index (κ2) is 4.23. The molecule has 0 spiro atoms. The molecule has 1 fully saturated rings. The second-order valence-corrected chi connectivity index (χ2v) is 4.39. The first kappa shape index (κ1) is 10.5. The summed E-state index contributed by atoms with van der Waals surface area (Å²) in [6.45, 7) is 0.730. The number of nitrogens with two attached hydrogens (primary N) is 1. The van der Waals surface area contributed by atoms with Crippen molar-refractivity contribution in [1.29, 1.82) is 0 Å². The fourth-order valence-electron chi connectivity index (χ4n) is 2.72. The predicted octanol–water partition coefficient (Wildman–Crippen LogP) is 2.47. The first-order chi connectivity index (χ1) is 7.32. The lowest BCUT2D eigenvalue weighted by Crippen LogP contribution is -2.32. The molecule has 1 aromatic rings. The van der Waals surface area contributed by atoms with Crippen LogP contribution in [0, 0.1) is 0 Å². The summed E-state index contributed by atoms with van der Waals surface area (Å²) in [7, 11) is 1.73. The van der Waals surface area contributed by atoms with Gasteiger partial charge in [-0.1, -0.05) is 31.0 Å². The first-order valence-corrected chi connectivity index (χ1v) is 5.66. The van der Waals surface area contributed by atoms with Gasteiger partial charge in [0.25, 0.3) is 0 Å². The molecule has 1 aliphatic carbocycles. The van der Waals surface area contributed by atoms with E-state index in [-0.39, 0.29) is 5.41 Å². The van der Waals surface area contributed by atoms with Crippen molar-refractivity contribution >= 4 is 0 Å². The number of methoxy groups -OCH3 is 1. The Hall–Kier alpha value is -1.02. The lowest BCUT2D eigenvalue weighted by atomic mass is 9.78. The average molecular weight is 205 g/mol. The Bertz CT molecular complexity index is 329. The molecule has 2 heteroatoms. The molecular weight excluding hydrogens is 186 g/mol. The molecule has 0 unspecified atom stereocenters. The van der Waals surface area contributed by atoms with E-state index in [0.29, 0.717) is 0 Å². The fourth-order valence-corrected chi connectivity index (χ4v) is 2.72. The summed E-state index contributed by atoms with van der Waals surface area (Å²) in [4.78, 5) is 0. The van der Waals surface area contributed by atoms with Gasteiger partial charge in [-0.15, -0.1) is 0 Å². The fraction of sp³-hybridized carbons (Fsp3) is 0.538. The van der Waals surface area contributed by atoms with Crippen molar-refractivity contribution in [2.45, 2.75) is 31.1 Å². The minimum absolute atomic E-state index is 0.173. The molecular formula is C13H19NO. The lowest BCUT2D eigenvalue weighted by Gasteiger charge is -2.29. The molecule has 1 aliphatic rings. The Balaban J connectivity index is 2.41. The Labute approximate surface area is 91.4 Å². The topological polar surface area (TPSA) is 35.2 Å². The minimum atomic E-state index is 0.173. The maximum Gasteiger partial charge on any atom is 0.122 e. The summed E-state index contributed by atoms with van der Waals surface area (Å²) in [5.41, 5.74) is 7.44. The van der Waals surface area contributed by atoms with Crippen molar-refractivity contribution in [3.8, 4) is 5.75 Å². The van der Waals surface area contributed by atoms with Crippen LogP contribution in [0.1, 0.15) is 31.2 Å². The van der Waals surface area contributed by atoms with Crippen LogP contribution in [0.3, 0.4) is 0 Å². The molecule has 0 aliphatic heterocycles. The lowest BCUT2D eigenvalue weighted by molar-refractivity contribution is 0.378. The van der Waals surface area contributed by atoms with Gasteiger partial charge in [-0.3, -0.25) is 0 Å². The molecule has 0 radical (unpaired) electrons. The molecule has 0 aromatic heterocycles. The third-order valence-electron chi connectivity index (χ3n) is 3.63. The first-order valence-electron chi connectivity index (χ1n) is 5.66. The van der Waals surface area contributed by atoms with Crippen LogP contribution in [0.2, 0.25) is 0 Å². The molecule has 2 N–H and O–H groups in total. The zero-order valence-corrected chi connectivity index (χ0v) is 9.33. The zero-order valence-electron chi connectivity index (χ0n) is 9.33. The molecule has 0 atom stereocenters. The van der Waals surface area contributed by atoms with E-state index in [1.165, 1.54) is 31.2 Å². The van der Waals surface area contributed by atoms with E-state index in [0.717, 1.165) is 12.3 Å². The zero-order chi connectivity index (χ0) is 10.7. The van der Waals surface area contributed by atoms with Gasteiger partial charge in [-0.2, -0.15) is 0 Å². The van der Waals surface area contributed by atoms with E-state index in [1.807, 2.05) is 12.1 Å². The normalized spacial score (nSPS) is 19.1. The van der Waals surface area contributed by atoms with Crippen LogP contribution in [0.4, 0.5) is 0 Å². The van der Waals surface area contributed by atoms with Gasteiger partial charge in [0.05, 0.1) is 7.11 Å². The number of benzene rings is 1. The van der Waals surface area contributed by atoms with Crippen molar-refractivity contribution in [2.24, 2.45) is 5.73 Å². The van der Waals surface area contributed by atoms with E-state index in [1.54, 1.807) is 7.11 Å². The molecule has 0 heterocycles. The molecule has 1 aromatic carbocycles. The number of hydrogen-bond donors (Lipinski definition) is 1. The maximum atomic E-state index is 5.97. The Morgan fingerprint density at radius 3 is 2.53 bits per heavy atom. The maximum absolute atomic E-state index is 5.97. The summed E-state index contributed by atoms with van der Waals surface area (Å²) >= 11 is 0. The molecule has 0 amide bonds. The highest BCUT2D eigenvalue weighted by Gasteiger charge is 2.36. The summed E-state index contributed by atoms with van der Waals surface area (Å²) in [5, 5.41) is 0. The van der Waals surface area contributed by atoms with E-state index in [9.17, 15) is 0 Å². The number of ether oxygens (including phenoxy) is 1. The van der Waals surface area contributed by atoms with Crippen LogP contribution in [0.15, 0.2) is 24.3 Å². The SMILES string of the molecule is COc1ccccc1C1(CN)CCCC1. The van der Waals surface area contributed by atoms with Crippen molar-refractivity contribution in [1.82, 2.24) is 0 Å². The predicted molar refractivity (Wildman–Crippen MR) is 62.2 cm³/mol. The van der Waals surface area contributed by atoms with Crippen molar-refractivity contribution in [3.05, 3.63) is 29.8 Å². The molecule has 2 rings (SSSR count). The molecule has 2 nitrogen and oxygen atoms in total. The molecule has 82 valence electrons. The minimum Gasteiger partial charge on any atom is -0.496 e. The van der Waals surface area contributed by atoms with E-state index in [2.05, 4.69) is 12.1 Å². The van der Waals surface area contributed by atoms with Gasteiger partial charge in [-0.05, 0) is 18.9 Å². The molecule has 15 heavy (non-hydrogen) atoms. The van der Waals surface area contributed by atoms with Crippen LogP contribution in [0.5, 0.6) is 5.75 Å². The van der Waals surface area contributed by atoms with Crippen molar-refractivity contribution in [3.63, 3.8) is 0 Å². The Kier molecular flexibility index (Phi) is 2.96. The van der Waals surface area contributed by atoms with Crippen molar-refractivity contribution < 1.29 is 4.74 Å². The standard InChI is InChI=1S/C13H19NO/c1-15-12-7-3-2-6-11(12)13(10-14)8-4-5-9-13/h2-3,6-7H,4-5,8-10,14H2,1H3. The Morgan fingerprint density at radius 2 is 1.93 bits per heavy atom. The highest BCUT2D eigenvalue weighted by atomic mass is 16.5. The monoisotopic (exact) mass is 205 g/mol. The van der Waals surface area contributed by atoms with Crippen LogP contribution in [-0.2, 0) is 5.41 Å². The number of hydrogen-bond acceptors (Lipinski definition) is 2. The summed E-state index contributed by atoms with van der Waals surface area (Å²) in [6.07, 6.45) is 4.97. The van der Waals surface area contributed by atoms with Crippen LogP contribution in [-0.4, -0.2) is 13.7 Å². The van der Waals surface area contributed by atoms with Gasteiger partial charge < -0.3 is 10.5 Å². The van der Waals surface area contributed by atoms with Crippen LogP contribution in [0.25, 0.3) is 0 Å². The molecule has 0 saturated heterocycles. The Morgan fingerprint density at radius 1 is 1.27 bits per heavy atom. The van der Waals surface area contributed by atoms with Gasteiger partial charge in [0.15, 0.2) is 0 Å². The van der Waals surface area contributed by atoms with Gasteiger partial charge in [0, 0.05) is 17.5 Å². The van der Waals surface area contributed by atoms with Gasteiger partial charge in [0.2, 0.25) is 0 Å². The van der Waals surface area contributed by atoms with Crippen LogP contribution >= 0.6 is 0 Å². The summed E-state index contributed by atoms with van der Waals surface area (Å²) < 4.78 is 5.43. The quantitative estimate of drug-likeness (QED) is 0.822. The van der Waals surface area contributed by atoms with E-state index in [4.69, 9.17) is 10.5 Å². The van der Waals surface area contributed by atoms with Gasteiger partial charge in [0.1, 0.15) is 5.75 Å². The van der Waals surface area contributed by atoms with E-state index < -0.39 is 0 Å². The largest absolute Gasteiger partial charge is 0.496 e. The van der Waals surface area contributed by atoms with Gasteiger partial charge in [-0.25, -0.2) is 0 Å². The molecule has 1 saturated carbocycles.